The average molecular weight is 477 g/mol. The Hall–Kier alpha value is -3.21. The third-order valence-corrected chi connectivity index (χ3v) is 5.83. The number of fused-ring (bicyclic) bond motifs is 1. The maximum absolute atomic E-state index is 13.1. The first-order valence-electron chi connectivity index (χ1n) is 11.4. The molecule has 2 aromatic heterocycles. The number of anilines is 1. The topological polar surface area (TPSA) is 84.6 Å². The molecule has 0 bridgehead atoms. The minimum atomic E-state index is -4.64. The van der Waals surface area contributed by atoms with Crippen LogP contribution in [-0.4, -0.2) is 58.6 Å². The molecule has 3 aromatic rings. The van der Waals surface area contributed by atoms with Gasteiger partial charge in [-0.25, -0.2) is 0 Å². The van der Waals surface area contributed by atoms with Gasteiger partial charge in [-0.15, -0.1) is 15.3 Å². The van der Waals surface area contributed by atoms with E-state index in [1.54, 1.807) is 6.07 Å². The number of carbonyl (C=O) groups excluding carboxylic acids is 1. The molecule has 0 saturated carbocycles. The van der Waals surface area contributed by atoms with Crippen LogP contribution in [0, 0.1) is 5.92 Å². The summed E-state index contributed by atoms with van der Waals surface area (Å²) in [5.41, 5.74) is 1.27. The first kappa shape index (κ1) is 23.9. The van der Waals surface area contributed by atoms with Crippen molar-refractivity contribution in [3.8, 4) is 0 Å². The maximum Gasteiger partial charge on any atom is 0.453 e. The third-order valence-electron chi connectivity index (χ3n) is 5.83. The second-order valence-electron chi connectivity index (χ2n) is 8.24. The van der Waals surface area contributed by atoms with Crippen LogP contribution in [0.2, 0.25) is 0 Å². The Labute approximate surface area is 195 Å². The molecule has 1 N–H and O–H groups in total. The number of amides is 1. The standard InChI is InChI=1S/C23H27F3N6O2/c24-23(25,26)22-29-28-19-7-8-20(30-32(19)22)31-13-9-18(10-14-31)21(33)27-12-4-15-34-16-11-17-5-2-1-3-6-17/h1-3,5-8,18H,4,9-16H2,(H,27,33). The average Bonchev–Trinajstić information content (AvgIpc) is 3.28. The van der Waals surface area contributed by atoms with Gasteiger partial charge in [-0.05, 0) is 43.4 Å². The molecule has 1 aliphatic rings. The van der Waals surface area contributed by atoms with Crippen LogP contribution in [0.1, 0.15) is 30.7 Å². The molecule has 34 heavy (non-hydrogen) atoms. The second kappa shape index (κ2) is 10.8. The zero-order chi connectivity index (χ0) is 24.0. The van der Waals surface area contributed by atoms with Crippen LogP contribution in [0.25, 0.3) is 5.65 Å². The summed E-state index contributed by atoms with van der Waals surface area (Å²) in [6, 6.07) is 13.2. The predicted octanol–water partition coefficient (Wildman–Crippen LogP) is 3.13. The molecule has 0 aliphatic carbocycles. The van der Waals surface area contributed by atoms with Crippen molar-refractivity contribution in [1.29, 1.82) is 0 Å². The minimum absolute atomic E-state index is 0.00511. The van der Waals surface area contributed by atoms with Crippen molar-refractivity contribution < 1.29 is 22.7 Å². The van der Waals surface area contributed by atoms with E-state index in [-0.39, 0.29) is 17.5 Å². The van der Waals surface area contributed by atoms with Crippen LogP contribution in [0.15, 0.2) is 42.5 Å². The normalized spacial score (nSPS) is 15.1. The fourth-order valence-corrected chi connectivity index (χ4v) is 3.96. The van der Waals surface area contributed by atoms with Crippen LogP contribution in [0.4, 0.5) is 19.0 Å². The SMILES string of the molecule is O=C(NCCCOCCc1ccccc1)C1CCN(c2ccc3nnc(C(F)(F)F)n3n2)CC1. The highest BCUT2D eigenvalue weighted by Crippen LogP contribution is 2.28. The predicted molar refractivity (Wildman–Crippen MR) is 119 cm³/mol. The lowest BCUT2D eigenvalue weighted by molar-refractivity contribution is -0.146. The van der Waals surface area contributed by atoms with Crippen molar-refractivity contribution in [2.24, 2.45) is 5.92 Å². The van der Waals surface area contributed by atoms with E-state index >= 15 is 0 Å². The summed E-state index contributed by atoms with van der Waals surface area (Å²) in [5.74, 6) is -0.864. The summed E-state index contributed by atoms with van der Waals surface area (Å²) >= 11 is 0. The molecule has 8 nitrogen and oxygen atoms in total. The van der Waals surface area contributed by atoms with Crippen LogP contribution in [-0.2, 0) is 22.1 Å². The molecule has 3 heterocycles. The van der Waals surface area contributed by atoms with Crippen molar-refractivity contribution in [3.05, 3.63) is 53.9 Å². The van der Waals surface area contributed by atoms with Gasteiger partial charge in [0, 0.05) is 32.2 Å². The number of nitrogens with one attached hydrogen (secondary N) is 1. The van der Waals surface area contributed by atoms with Crippen molar-refractivity contribution in [2.75, 3.05) is 37.7 Å². The lowest BCUT2D eigenvalue weighted by Crippen LogP contribution is -2.41. The van der Waals surface area contributed by atoms with Crippen LogP contribution in [0.3, 0.4) is 0 Å². The summed E-state index contributed by atoms with van der Waals surface area (Å²) in [6.45, 7) is 2.85. The summed E-state index contributed by atoms with van der Waals surface area (Å²) in [7, 11) is 0. The molecule has 4 rings (SSSR count). The highest BCUT2D eigenvalue weighted by atomic mass is 19.4. The molecular formula is C23H27F3N6O2. The fraction of sp³-hybridized carbons (Fsp3) is 0.478. The number of aromatic nitrogens is 4. The Balaban J connectivity index is 1.17. The lowest BCUT2D eigenvalue weighted by Gasteiger charge is -2.32. The quantitative estimate of drug-likeness (QED) is 0.478. The van der Waals surface area contributed by atoms with Gasteiger partial charge in [0.05, 0.1) is 6.61 Å². The van der Waals surface area contributed by atoms with Crippen molar-refractivity contribution in [1.82, 2.24) is 25.1 Å². The molecule has 1 saturated heterocycles. The molecular weight excluding hydrogens is 449 g/mol. The second-order valence-corrected chi connectivity index (χ2v) is 8.24. The minimum Gasteiger partial charge on any atom is -0.381 e. The number of benzene rings is 1. The molecule has 1 fully saturated rings. The summed E-state index contributed by atoms with van der Waals surface area (Å²) < 4.78 is 45.6. The molecule has 1 aromatic carbocycles. The number of ether oxygens (including phenoxy) is 1. The smallest absolute Gasteiger partial charge is 0.381 e. The molecule has 1 aliphatic heterocycles. The Morgan fingerprint density at radius 1 is 1.06 bits per heavy atom. The van der Waals surface area contributed by atoms with Crippen LogP contribution >= 0.6 is 0 Å². The van der Waals surface area contributed by atoms with Gasteiger partial charge in [0.1, 0.15) is 5.82 Å². The van der Waals surface area contributed by atoms with Gasteiger partial charge in [-0.3, -0.25) is 4.79 Å². The summed E-state index contributed by atoms with van der Waals surface area (Å²) in [5, 5.41) is 13.8. The van der Waals surface area contributed by atoms with Gasteiger partial charge in [-0.1, -0.05) is 30.3 Å². The van der Waals surface area contributed by atoms with Crippen molar-refractivity contribution in [2.45, 2.75) is 31.9 Å². The maximum atomic E-state index is 13.1. The number of alkyl halides is 3. The van der Waals surface area contributed by atoms with E-state index in [2.05, 4.69) is 32.7 Å². The van der Waals surface area contributed by atoms with Crippen molar-refractivity contribution in [3.63, 3.8) is 0 Å². The first-order chi connectivity index (χ1) is 16.4. The number of nitrogens with zero attached hydrogens (tertiary/aromatic N) is 5. The third kappa shape index (κ3) is 6.02. The Morgan fingerprint density at radius 2 is 1.82 bits per heavy atom. The highest BCUT2D eigenvalue weighted by Gasteiger charge is 2.38. The molecule has 0 atom stereocenters. The number of hydrogen-bond acceptors (Lipinski definition) is 6. The molecule has 11 heteroatoms. The van der Waals surface area contributed by atoms with Gasteiger partial charge in [0.2, 0.25) is 5.91 Å². The van der Waals surface area contributed by atoms with E-state index in [0.29, 0.717) is 51.5 Å². The molecule has 182 valence electrons. The van der Waals surface area contributed by atoms with Crippen LogP contribution in [0.5, 0.6) is 0 Å². The zero-order valence-electron chi connectivity index (χ0n) is 18.7. The summed E-state index contributed by atoms with van der Waals surface area (Å²) in [6.07, 6.45) is -1.82. The van der Waals surface area contributed by atoms with E-state index in [1.165, 1.54) is 11.6 Å². The lowest BCUT2D eigenvalue weighted by atomic mass is 9.96. The van der Waals surface area contributed by atoms with Gasteiger partial charge in [-0.2, -0.15) is 17.7 Å². The van der Waals surface area contributed by atoms with Gasteiger partial charge < -0.3 is 15.0 Å². The highest BCUT2D eigenvalue weighted by molar-refractivity contribution is 5.78. The number of halogens is 3. The van der Waals surface area contributed by atoms with Gasteiger partial charge >= 0.3 is 6.18 Å². The first-order valence-corrected chi connectivity index (χ1v) is 11.4. The molecule has 0 radical (unpaired) electrons. The largest absolute Gasteiger partial charge is 0.453 e. The monoisotopic (exact) mass is 476 g/mol. The zero-order valence-corrected chi connectivity index (χ0v) is 18.7. The fourth-order valence-electron chi connectivity index (χ4n) is 3.96. The molecule has 1 amide bonds. The summed E-state index contributed by atoms with van der Waals surface area (Å²) in [4.78, 5) is 14.4. The number of hydrogen-bond donors (Lipinski definition) is 1. The van der Waals surface area contributed by atoms with Crippen LogP contribution < -0.4 is 10.2 Å². The van der Waals surface area contributed by atoms with Gasteiger partial charge in [0.15, 0.2) is 5.65 Å². The van der Waals surface area contributed by atoms with Gasteiger partial charge in [0.25, 0.3) is 5.82 Å². The Bertz CT molecular complexity index is 1080. The van der Waals surface area contributed by atoms with E-state index < -0.39 is 12.0 Å². The van der Waals surface area contributed by atoms with E-state index in [1.807, 2.05) is 23.1 Å². The molecule has 0 spiro atoms. The Morgan fingerprint density at radius 3 is 2.56 bits per heavy atom. The number of carbonyl (C=O) groups is 1. The number of piperidine rings is 1. The van der Waals surface area contributed by atoms with E-state index in [9.17, 15) is 18.0 Å². The van der Waals surface area contributed by atoms with E-state index in [0.717, 1.165) is 17.4 Å². The van der Waals surface area contributed by atoms with E-state index in [4.69, 9.17) is 4.74 Å². The van der Waals surface area contributed by atoms with Crippen molar-refractivity contribution >= 4 is 17.4 Å². The number of rotatable bonds is 9. The Kier molecular flexibility index (Phi) is 7.61. The molecule has 0 unspecified atom stereocenters.